The van der Waals surface area contributed by atoms with Crippen molar-refractivity contribution >= 4 is 17.9 Å². The van der Waals surface area contributed by atoms with E-state index in [-0.39, 0.29) is 11.5 Å². The summed E-state index contributed by atoms with van der Waals surface area (Å²) in [5.41, 5.74) is 1.71. The molecule has 0 saturated carbocycles. The number of carbonyl (C=O) groups is 1. The summed E-state index contributed by atoms with van der Waals surface area (Å²) in [6.45, 7) is 2.40. The summed E-state index contributed by atoms with van der Waals surface area (Å²) in [5.74, 6) is 0. The Morgan fingerprint density at radius 1 is 0.893 bits per heavy atom. The molecule has 2 aromatic rings. The Labute approximate surface area is 167 Å². The van der Waals surface area contributed by atoms with Gasteiger partial charge in [-0.05, 0) is 19.1 Å². The van der Waals surface area contributed by atoms with Crippen molar-refractivity contribution < 1.29 is 28.5 Å². The maximum Gasteiger partial charge on any atom is 0.509 e. The molecule has 0 unspecified atom stereocenters. The van der Waals surface area contributed by atoms with Crippen LogP contribution in [0.3, 0.4) is 0 Å². The van der Waals surface area contributed by atoms with Gasteiger partial charge in [-0.15, -0.1) is 0 Å². The molecule has 0 amide bonds. The highest BCUT2D eigenvalue weighted by Crippen LogP contribution is 2.43. The minimum Gasteiger partial charge on any atom is -0.424 e. The molecule has 3 aliphatic rings. The van der Waals surface area contributed by atoms with Gasteiger partial charge in [0.2, 0.25) is 0 Å². The number of aryl methyl sites for hydroxylation is 1. The first-order valence-electron chi connectivity index (χ1n) is 9.25. The fraction of sp³-hybridized carbons (Fsp3) is 0.381. The lowest BCUT2D eigenvalue weighted by Gasteiger charge is -2.45. The predicted octanol–water partition coefficient (Wildman–Crippen LogP) is 3.83. The molecule has 0 bridgehead atoms. The molecule has 3 fully saturated rings. The van der Waals surface area contributed by atoms with E-state index in [4.69, 9.17) is 23.7 Å². The van der Waals surface area contributed by atoms with E-state index in [1.54, 1.807) is 0 Å². The lowest BCUT2D eigenvalue weighted by molar-refractivity contribution is -0.305. The fourth-order valence-electron chi connectivity index (χ4n) is 3.68. The number of benzene rings is 2. The Morgan fingerprint density at radius 3 is 2.43 bits per heavy atom. The average molecular weight is 400 g/mol. The van der Waals surface area contributed by atoms with Gasteiger partial charge in [0.25, 0.3) is 0 Å². The van der Waals surface area contributed by atoms with Crippen LogP contribution in [-0.4, -0.2) is 42.6 Å². The fourth-order valence-corrected chi connectivity index (χ4v) is 4.79. The summed E-state index contributed by atoms with van der Waals surface area (Å²) in [4.78, 5) is 12.9. The Bertz CT molecular complexity index is 842. The van der Waals surface area contributed by atoms with E-state index in [0.29, 0.717) is 6.61 Å². The van der Waals surface area contributed by atoms with Gasteiger partial charge in [-0.25, -0.2) is 4.79 Å². The number of carbonyl (C=O) groups excluding carboxylic acids is 1. The van der Waals surface area contributed by atoms with E-state index in [1.807, 2.05) is 61.5 Å². The molecule has 5 rings (SSSR count). The van der Waals surface area contributed by atoms with Gasteiger partial charge in [-0.3, -0.25) is 0 Å². The van der Waals surface area contributed by atoms with Crippen molar-refractivity contribution in [3.8, 4) is 0 Å². The van der Waals surface area contributed by atoms with Crippen molar-refractivity contribution in [1.29, 1.82) is 0 Å². The van der Waals surface area contributed by atoms with Crippen molar-refractivity contribution in [3.63, 3.8) is 0 Å². The van der Waals surface area contributed by atoms with Crippen molar-refractivity contribution in [2.75, 3.05) is 6.61 Å². The first kappa shape index (κ1) is 18.0. The number of hydrogen-bond donors (Lipinski definition) is 0. The highest BCUT2D eigenvalue weighted by atomic mass is 32.2. The second-order valence-electron chi connectivity index (χ2n) is 7.07. The molecule has 0 spiro atoms. The smallest absolute Gasteiger partial charge is 0.424 e. The summed E-state index contributed by atoms with van der Waals surface area (Å²) in [7, 11) is 0. The number of ether oxygens (including phenoxy) is 5. The number of fused-ring (bicyclic) bond motifs is 3. The molecule has 0 radical (unpaired) electrons. The van der Waals surface area contributed by atoms with Crippen LogP contribution in [0.5, 0.6) is 0 Å². The molecule has 2 aromatic carbocycles. The van der Waals surface area contributed by atoms with Crippen LogP contribution in [0.25, 0.3) is 0 Å². The third-order valence-electron chi connectivity index (χ3n) is 5.09. The zero-order chi connectivity index (χ0) is 19.1. The number of thioether (sulfide) groups is 1. The third kappa shape index (κ3) is 3.39. The zero-order valence-electron chi connectivity index (χ0n) is 15.2. The summed E-state index contributed by atoms with van der Waals surface area (Å²) in [5, 5.41) is 0. The summed E-state index contributed by atoms with van der Waals surface area (Å²) < 4.78 is 29.2. The number of rotatable bonds is 3. The third-order valence-corrected chi connectivity index (χ3v) is 6.25. The van der Waals surface area contributed by atoms with Crippen LogP contribution in [0, 0.1) is 6.92 Å². The molecular weight excluding hydrogens is 380 g/mol. The van der Waals surface area contributed by atoms with Gasteiger partial charge in [-0.1, -0.05) is 59.8 Å². The minimum atomic E-state index is -0.680. The second kappa shape index (κ2) is 7.40. The molecule has 0 aromatic heterocycles. The quantitative estimate of drug-likeness (QED) is 0.726. The van der Waals surface area contributed by atoms with Crippen LogP contribution in [0.2, 0.25) is 0 Å². The van der Waals surface area contributed by atoms with E-state index in [9.17, 15) is 4.79 Å². The first-order chi connectivity index (χ1) is 13.7. The Hall–Kier alpha value is -2.06. The molecule has 0 N–H and O–H groups in total. The Balaban J connectivity index is 1.36. The summed E-state index contributed by atoms with van der Waals surface area (Å²) in [6, 6.07) is 17.8. The van der Waals surface area contributed by atoms with E-state index in [2.05, 4.69) is 0 Å². The predicted molar refractivity (Wildman–Crippen MR) is 101 cm³/mol. The van der Waals surface area contributed by atoms with Gasteiger partial charge < -0.3 is 23.7 Å². The van der Waals surface area contributed by atoms with E-state index in [1.165, 1.54) is 17.3 Å². The van der Waals surface area contributed by atoms with Crippen molar-refractivity contribution in [3.05, 3.63) is 65.7 Å². The summed E-state index contributed by atoms with van der Waals surface area (Å²) in [6.07, 6.45) is -3.03. The van der Waals surface area contributed by atoms with Crippen LogP contribution in [0.15, 0.2) is 59.5 Å². The topological polar surface area (TPSA) is 63.2 Å². The zero-order valence-corrected chi connectivity index (χ0v) is 16.0. The lowest BCUT2D eigenvalue weighted by atomic mass is 9.99. The molecule has 28 heavy (non-hydrogen) atoms. The monoisotopic (exact) mass is 400 g/mol. The normalized spacial score (nSPS) is 34.1. The first-order valence-corrected chi connectivity index (χ1v) is 10.1. The second-order valence-corrected chi connectivity index (χ2v) is 8.24. The van der Waals surface area contributed by atoms with Crippen LogP contribution in [0.1, 0.15) is 17.4 Å². The Morgan fingerprint density at radius 2 is 1.64 bits per heavy atom. The summed E-state index contributed by atoms with van der Waals surface area (Å²) >= 11 is 1.51. The largest absolute Gasteiger partial charge is 0.509 e. The molecule has 3 heterocycles. The van der Waals surface area contributed by atoms with Gasteiger partial charge >= 0.3 is 6.16 Å². The maximum atomic E-state index is 11.9. The average Bonchev–Trinajstić information content (AvgIpc) is 3.12. The van der Waals surface area contributed by atoms with Crippen LogP contribution in [-0.2, 0) is 23.7 Å². The van der Waals surface area contributed by atoms with Gasteiger partial charge in [-0.2, -0.15) is 0 Å². The van der Waals surface area contributed by atoms with Crippen molar-refractivity contribution in [2.45, 2.75) is 48.0 Å². The maximum absolute atomic E-state index is 11.9. The van der Waals surface area contributed by atoms with Crippen LogP contribution in [0.4, 0.5) is 4.79 Å². The lowest BCUT2D eigenvalue weighted by Crippen LogP contribution is -2.59. The van der Waals surface area contributed by atoms with Gasteiger partial charge in [0.15, 0.2) is 18.5 Å². The van der Waals surface area contributed by atoms with Crippen molar-refractivity contribution in [2.24, 2.45) is 0 Å². The number of hydrogen-bond acceptors (Lipinski definition) is 7. The highest BCUT2D eigenvalue weighted by Gasteiger charge is 2.57. The van der Waals surface area contributed by atoms with E-state index >= 15 is 0 Å². The molecule has 6 nitrogen and oxygen atoms in total. The molecule has 146 valence electrons. The standard InChI is InChI=1S/C21H20O6S/c1-12-7-9-14(10-8-12)28-20-18-17(26-21(22)27-18)16-15(24-20)11-23-19(25-16)13-5-3-2-4-6-13/h2-10,15-20H,11H2,1H3/t15-,16+,17+,18-,19+,20+/m1/s1. The SMILES string of the molecule is Cc1ccc(S[C@@H]2O[C@@H]3CO[C@H](c4ccccc4)O[C@@H]3[C@@H]3OC(=O)O[C@H]32)cc1. The van der Waals surface area contributed by atoms with Crippen molar-refractivity contribution in [1.82, 2.24) is 0 Å². The molecule has 3 aliphatic heterocycles. The molecule has 3 saturated heterocycles. The van der Waals surface area contributed by atoms with E-state index in [0.717, 1.165) is 10.5 Å². The molecular formula is C21H20O6S. The minimum absolute atomic E-state index is 0.335. The van der Waals surface area contributed by atoms with Gasteiger partial charge in [0.05, 0.1) is 6.61 Å². The van der Waals surface area contributed by atoms with Gasteiger partial charge in [0.1, 0.15) is 17.6 Å². The molecule has 7 heteroatoms. The Kier molecular flexibility index (Phi) is 4.76. The van der Waals surface area contributed by atoms with E-state index < -0.39 is 30.8 Å². The molecule has 0 aliphatic carbocycles. The van der Waals surface area contributed by atoms with Crippen LogP contribution < -0.4 is 0 Å². The van der Waals surface area contributed by atoms with Crippen LogP contribution >= 0.6 is 11.8 Å². The molecule has 6 atom stereocenters. The highest BCUT2D eigenvalue weighted by molar-refractivity contribution is 7.99. The van der Waals surface area contributed by atoms with Gasteiger partial charge in [0, 0.05) is 10.5 Å².